The summed E-state index contributed by atoms with van der Waals surface area (Å²) >= 11 is 0. The van der Waals surface area contributed by atoms with Gasteiger partial charge in [-0.3, -0.25) is 4.79 Å². The van der Waals surface area contributed by atoms with Gasteiger partial charge in [-0.15, -0.1) is 0 Å². The molecule has 0 fully saturated rings. The predicted octanol–water partition coefficient (Wildman–Crippen LogP) is 2.86. The van der Waals surface area contributed by atoms with Gasteiger partial charge in [0.2, 0.25) is 5.91 Å². The van der Waals surface area contributed by atoms with Crippen molar-refractivity contribution >= 4 is 5.91 Å². The summed E-state index contributed by atoms with van der Waals surface area (Å²) in [6.07, 6.45) is 4.45. The average molecular weight is 329 g/mol. The van der Waals surface area contributed by atoms with Gasteiger partial charge in [0.05, 0.1) is 20.5 Å². The number of rotatable bonds is 5. The number of hydrogen-bond donors (Lipinski definition) is 0. The van der Waals surface area contributed by atoms with Gasteiger partial charge in [0.25, 0.3) is 0 Å². The minimum atomic E-state index is 0.179. The summed E-state index contributed by atoms with van der Waals surface area (Å²) in [5.74, 6) is 2.52. The Balaban J connectivity index is 1.65. The van der Waals surface area contributed by atoms with Crippen LogP contribution in [0.25, 0.3) is 0 Å². The predicted molar refractivity (Wildman–Crippen MR) is 90.6 cm³/mol. The number of ether oxygens (including phenoxy) is 2. The highest BCUT2D eigenvalue weighted by atomic mass is 16.5. The number of carbonyl (C=O) groups is 1. The number of carbonyl (C=O) groups excluding carboxylic acids is 1. The number of methoxy groups -OCH3 is 2. The second kappa shape index (κ2) is 7.43. The first-order chi connectivity index (χ1) is 11.7. The van der Waals surface area contributed by atoms with E-state index < -0.39 is 0 Å². The lowest BCUT2D eigenvalue weighted by Crippen LogP contribution is -2.33. The Morgan fingerprint density at radius 2 is 1.75 bits per heavy atom. The molecule has 0 bridgehead atoms. The maximum atomic E-state index is 12.5. The summed E-state index contributed by atoms with van der Waals surface area (Å²) in [5.41, 5.74) is 2.46. The molecule has 0 atom stereocenters. The van der Waals surface area contributed by atoms with Crippen molar-refractivity contribution in [3.05, 3.63) is 47.4 Å². The van der Waals surface area contributed by atoms with Crippen LogP contribution < -0.4 is 9.47 Å². The van der Waals surface area contributed by atoms with Crippen LogP contribution in [0.3, 0.4) is 0 Å². The largest absolute Gasteiger partial charge is 0.493 e. The third-order valence-electron chi connectivity index (χ3n) is 4.53. The van der Waals surface area contributed by atoms with Crippen LogP contribution in [0.4, 0.5) is 0 Å². The van der Waals surface area contributed by atoms with Gasteiger partial charge in [0.15, 0.2) is 11.5 Å². The fourth-order valence-corrected chi connectivity index (χ4v) is 3.14. The Morgan fingerprint density at radius 3 is 2.25 bits per heavy atom. The monoisotopic (exact) mass is 329 g/mol. The van der Waals surface area contributed by atoms with Crippen molar-refractivity contribution in [2.75, 3.05) is 27.3 Å². The van der Waals surface area contributed by atoms with Crippen LogP contribution in [0, 0.1) is 0 Å². The van der Waals surface area contributed by atoms with E-state index in [1.165, 1.54) is 11.1 Å². The SMILES string of the molecule is COc1cc2c(cc1OC)CCN(C(=O)CCc1ccco1)CC2. The van der Waals surface area contributed by atoms with Crippen molar-refractivity contribution in [1.29, 1.82) is 0 Å². The first kappa shape index (κ1) is 16.4. The molecule has 24 heavy (non-hydrogen) atoms. The molecule has 1 amide bonds. The van der Waals surface area contributed by atoms with Gasteiger partial charge in [0, 0.05) is 25.9 Å². The summed E-state index contributed by atoms with van der Waals surface area (Å²) in [6.45, 7) is 1.47. The van der Waals surface area contributed by atoms with Crippen LogP contribution >= 0.6 is 0 Å². The lowest BCUT2D eigenvalue weighted by Gasteiger charge is -2.20. The second-order valence-electron chi connectivity index (χ2n) is 5.94. The topological polar surface area (TPSA) is 51.9 Å². The molecule has 0 aliphatic carbocycles. The van der Waals surface area contributed by atoms with Crippen molar-refractivity contribution in [2.45, 2.75) is 25.7 Å². The quantitative estimate of drug-likeness (QED) is 0.846. The highest BCUT2D eigenvalue weighted by Crippen LogP contribution is 2.32. The lowest BCUT2D eigenvalue weighted by atomic mass is 10.0. The highest BCUT2D eigenvalue weighted by molar-refractivity contribution is 5.76. The number of amides is 1. The molecule has 2 heterocycles. The number of furan rings is 1. The molecule has 0 spiro atoms. The maximum Gasteiger partial charge on any atom is 0.223 e. The van der Waals surface area contributed by atoms with E-state index in [1.807, 2.05) is 29.2 Å². The molecule has 2 aromatic rings. The van der Waals surface area contributed by atoms with E-state index >= 15 is 0 Å². The Labute approximate surface area is 142 Å². The van der Waals surface area contributed by atoms with Crippen LogP contribution in [0.1, 0.15) is 23.3 Å². The van der Waals surface area contributed by atoms with E-state index in [-0.39, 0.29) is 5.91 Å². The third-order valence-corrected chi connectivity index (χ3v) is 4.53. The molecule has 0 N–H and O–H groups in total. The maximum absolute atomic E-state index is 12.5. The van der Waals surface area contributed by atoms with Crippen molar-refractivity contribution in [3.63, 3.8) is 0 Å². The normalized spacial score (nSPS) is 14.0. The zero-order chi connectivity index (χ0) is 16.9. The van der Waals surface area contributed by atoms with Gasteiger partial charge in [-0.05, 0) is 48.2 Å². The molecule has 0 radical (unpaired) electrons. The molecule has 1 aromatic heterocycles. The van der Waals surface area contributed by atoms with Crippen LogP contribution in [-0.4, -0.2) is 38.1 Å². The van der Waals surface area contributed by atoms with Gasteiger partial charge >= 0.3 is 0 Å². The molecule has 5 nitrogen and oxygen atoms in total. The summed E-state index contributed by atoms with van der Waals surface area (Å²) in [5, 5.41) is 0. The minimum Gasteiger partial charge on any atom is -0.493 e. The summed E-state index contributed by atoms with van der Waals surface area (Å²) in [4.78, 5) is 14.4. The first-order valence-electron chi connectivity index (χ1n) is 8.25. The number of nitrogens with zero attached hydrogens (tertiary/aromatic N) is 1. The molecule has 1 aromatic carbocycles. The molecule has 1 aliphatic rings. The number of fused-ring (bicyclic) bond motifs is 1. The zero-order valence-electron chi connectivity index (χ0n) is 14.2. The fraction of sp³-hybridized carbons (Fsp3) is 0.421. The van der Waals surface area contributed by atoms with E-state index in [0.717, 1.165) is 43.2 Å². The number of aryl methyl sites for hydroxylation is 1. The van der Waals surface area contributed by atoms with E-state index in [2.05, 4.69) is 0 Å². The van der Waals surface area contributed by atoms with Gasteiger partial charge in [-0.1, -0.05) is 0 Å². The molecule has 0 unspecified atom stereocenters. The zero-order valence-corrected chi connectivity index (χ0v) is 14.2. The molecular formula is C19H23NO4. The van der Waals surface area contributed by atoms with E-state index in [1.54, 1.807) is 20.5 Å². The summed E-state index contributed by atoms with van der Waals surface area (Å²) < 4.78 is 16.1. The van der Waals surface area contributed by atoms with Gasteiger partial charge in [-0.2, -0.15) is 0 Å². The smallest absolute Gasteiger partial charge is 0.223 e. The van der Waals surface area contributed by atoms with Gasteiger partial charge < -0.3 is 18.8 Å². The van der Waals surface area contributed by atoms with Crippen molar-refractivity contribution in [3.8, 4) is 11.5 Å². The van der Waals surface area contributed by atoms with Crippen molar-refractivity contribution in [2.24, 2.45) is 0 Å². The average Bonchev–Trinajstić information content (AvgIpc) is 3.04. The molecule has 5 heteroatoms. The lowest BCUT2D eigenvalue weighted by molar-refractivity contribution is -0.131. The molecule has 3 rings (SSSR count). The van der Waals surface area contributed by atoms with Crippen molar-refractivity contribution < 1.29 is 18.7 Å². The van der Waals surface area contributed by atoms with Crippen LogP contribution in [0.2, 0.25) is 0 Å². The van der Waals surface area contributed by atoms with E-state index in [9.17, 15) is 4.79 Å². The summed E-state index contributed by atoms with van der Waals surface area (Å²) in [6, 6.07) is 7.82. The van der Waals surface area contributed by atoms with Crippen molar-refractivity contribution in [1.82, 2.24) is 4.90 Å². The molecule has 0 saturated carbocycles. The van der Waals surface area contributed by atoms with E-state index in [4.69, 9.17) is 13.9 Å². The van der Waals surface area contributed by atoms with Crippen LogP contribution in [-0.2, 0) is 24.1 Å². The first-order valence-corrected chi connectivity index (χ1v) is 8.25. The highest BCUT2D eigenvalue weighted by Gasteiger charge is 2.20. The molecule has 128 valence electrons. The second-order valence-corrected chi connectivity index (χ2v) is 5.94. The van der Waals surface area contributed by atoms with Gasteiger partial charge in [-0.25, -0.2) is 0 Å². The molecular weight excluding hydrogens is 306 g/mol. The fourth-order valence-electron chi connectivity index (χ4n) is 3.14. The van der Waals surface area contributed by atoms with Crippen LogP contribution in [0.15, 0.2) is 34.9 Å². The van der Waals surface area contributed by atoms with Crippen LogP contribution in [0.5, 0.6) is 11.5 Å². The molecule has 0 saturated heterocycles. The standard InChI is InChI=1S/C19H23NO4/c1-22-17-12-14-7-9-20(10-8-15(14)13-18(17)23-2)19(21)6-5-16-4-3-11-24-16/h3-4,11-13H,5-10H2,1-2H3. The Hall–Kier alpha value is -2.43. The van der Waals surface area contributed by atoms with E-state index in [0.29, 0.717) is 12.8 Å². The number of benzene rings is 1. The summed E-state index contributed by atoms with van der Waals surface area (Å²) in [7, 11) is 3.29. The Kier molecular flexibility index (Phi) is 5.08. The Bertz CT molecular complexity index is 659. The van der Waals surface area contributed by atoms with Gasteiger partial charge in [0.1, 0.15) is 5.76 Å². The Morgan fingerprint density at radius 1 is 1.12 bits per heavy atom. The molecule has 1 aliphatic heterocycles. The minimum absolute atomic E-state index is 0.179. The number of hydrogen-bond acceptors (Lipinski definition) is 4. The third kappa shape index (κ3) is 3.55.